The zero-order valence-corrected chi connectivity index (χ0v) is 11.7. The molecule has 4 heteroatoms. The zero-order valence-electron chi connectivity index (χ0n) is 10.9. The van der Waals surface area contributed by atoms with Crippen molar-refractivity contribution in [3.8, 4) is 0 Å². The van der Waals surface area contributed by atoms with E-state index >= 15 is 0 Å². The van der Waals surface area contributed by atoms with Crippen molar-refractivity contribution in [1.29, 1.82) is 0 Å². The number of hydrogen-bond donors (Lipinski definition) is 1. The van der Waals surface area contributed by atoms with E-state index in [0.717, 1.165) is 44.2 Å². The molecule has 3 nitrogen and oxygen atoms in total. The number of carbonyl (C=O) groups excluding carboxylic acids is 1. The van der Waals surface area contributed by atoms with Crippen LogP contribution in [0, 0.1) is 17.3 Å². The first kappa shape index (κ1) is 12.4. The molecular weight excluding hydrogens is 244 g/mol. The molecule has 3 aliphatic carbocycles. The second kappa shape index (κ2) is 4.48. The average molecular weight is 266 g/mol. The Kier molecular flexibility index (Phi) is 3.08. The Hall–Kier alpha value is -0.640. The van der Waals surface area contributed by atoms with Gasteiger partial charge in [0.25, 0.3) is 0 Å². The lowest BCUT2D eigenvalue weighted by atomic mass is 9.67. The third kappa shape index (κ3) is 2.27. The standard InChI is InChI=1S/C14H22N2OS/c15-12(18)14(6-1-7-14)13(17)16(8-10-2-3-10)9-11-4-5-11/h10-11H,1-9H2,(H2,15,18). The van der Waals surface area contributed by atoms with Crippen LogP contribution in [-0.4, -0.2) is 28.9 Å². The summed E-state index contributed by atoms with van der Waals surface area (Å²) < 4.78 is 0. The van der Waals surface area contributed by atoms with Crippen LogP contribution in [0.1, 0.15) is 44.9 Å². The van der Waals surface area contributed by atoms with Gasteiger partial charge in [-0.15, -0.1) is 0 Å². The molecule has 3 aliphatic rings. The van der Waals surface area contributed by atoms with Gasteiger partial charge in [-0.2, -0.15) is 0 Å². The van der Waals surface area contributed by atoms with E-state index in [0.29, 0.717) is 4.99 Å². The molecule has 2 N–H and O–H groups in total. The minimum atomic E-state index is -0.473. The largest absolute Gasteiger partial charge is 0.392 e. The van der Waals surface area contributed by atoms with Crippen molar-refractivity contribution in [1.82, 2.24) is 4.90 Å². The zero-order chi connectivity index (χ0) is 12.8. The normalized spacial score (nSPS) is 25.3. The second-order valence-electron chi connectivity index (χ2n) is 6.40. The van der Waals surface area contributed by atoms with Gasteiger partial charge in [0.1, 0.15) is 0 Å². The molecule has 0 unspecified atom stereocenters. The SMILES string of the molecule is NC(=S)C1(C(=O)N(CC2CC2)CC2CC2)CCC1. The smallest absolute Gasteiger partial charge is 0.235 e. The summed E-state index contributed by atoms with van der Waals surface area (Å²) in [4.78, 5) is 15.3. The molecule has 0 heterocycles. The number of nitrogens with zero attached hydrogens (tertiary/aromatic N) is 1. The van der Waals surface area contributed by atoms with E-state index in [1.165, 1.54) is 25.7 Å². The number of hydrogen-bond acceptors (Lipinski definition) is 2. The van der Waals surface area contributed by atoms with Crippen LogP contribution in [0.5, 0.6) is 0 Å². The van der Waals surface area contributed by atoms with Crippen molar-refractivity contribution in [2.75, 3.05) is 13.1 Å². The van der Waals surface area contributed by atoms with E-state index in [-0.39, 0.29) is 5.91 Å². The molecule has 3 saturated carbocycles. The van der Waals surface area contributed by atoms with Gasteiger partial charge in [-0.3, -0.25) is 4.79 Å². The Labute approximate surface area is 114 Å². The second-order valence-corrected chi connectivity index (χ2v) is 6.84. The van der Waals surface area contributed by atoms with Crippen molar-refractivity contribution >= 4 is 23.1 Å². The fraction of sp³-hybridized carbons (Fsp3) is 0.857. The number of carbonyl (C=O) groups is 1. The van der Waals surface area contributed by atoms with Gasteiger partial charge >= 0.3 is 0 Å². The highest BCUT2D eigenvalue weighted by molar-refractivity contribution is 7.80. The van der Waals surface area contributed by atoms with Crippen LogP contribution in [0.15, 0.2) is 0 Å². The highest BCUT2D eigenvalue weighted by Crippen LogP contribution is 2.44. The first-order valence-electron chi connectivity index (χ1n) is 7.21. The fourth-order valence-electron chi connectivity index (χ4n) is 2.86. The Bertz CT molecular complexity index is 356. The summed E-state index contributed by atoms with van der Waals surface area (Å²) in [6, 6.07) is 0. The lowest BCUT2D eigenvalue weighted by molar-refractivity contribution is -0.142. The monoisotopic (exact) mass is 266 g/mol. The number of amides is 1. The molecule has 1 amide bonds. The summed E-state index contributed by atoms with van der Waals surface area (Å²) in [5.41, 5.74) is 5.38. The molecule has 0 bridgehead atoms. The third-order valence-electron chi connectivity index (χ3n) is 4.73. The van der Waals surface area contributed by atoms with Gasteiger partial charge in [-0.25, -0.2) is 0 Å². The Balaban J connectivity index is 1.70. The van der Waals surface area contributed by atoms with E-state index in [1.54, 1.807) is 0 Å². The fourth-order valence-corrected chi connectivity index (χ4v) is 3.15. The van der Waals surface area contributed by atoms with E-state index < -0.39 is 5.41 Å². The predicted molar refractivity (Wildman–Crippen MR) is 75.1 cm³/mol. The molecule has 18 heavy (non-hydrogen) atoms. The van der Waals surface area contributed by atoms with Crippen LogP contribution in [0.2, 0.25) is 0 Å². The third-order valence-corrected chi connectivity index (χ3v) is 5.12. The first-order chi connectivity index (χ1) is 8.62. The first-order valence-corrected chi connectivity index (χ1v) is 7.62. The molecule has 0 spiro atoms. The molecule has 3 rings (SSSR count). The van der Waals surface area contributed by atoms with Crippen LogP contribution in [0.3, 0.4) is 0 Å². The molecule has 0 saturated heterocycles. The Morgan fingerprint density at radius 3 is 1.94 bits per heavy atom. The molecule has 0 radical (unpaired) electrons. The van der Waals surface area contributed by atoms with Crippen LogP contribution in [0.25, 0.3) is 0 Å². The highest BCUT2D eigenvalue weighted by atomic mass is 32.1. The molecular formula is C14H22N2OS. The summed E-state index contributed by atoms with van der Waals surface area (Å²) in [6.07, 6.45) is 7.97. The van der Waals surface area contributed by atoms with Gasteiger partial charge in [0.15, 0.2) is 0 Å². The summed E-state index contributed by atoms with van der Waals surface area (Å²) in [5, 5.41) is 0. The van der Waals surface area contributed by atoms with E-state index in [1.807, 2.05) is 0 Å². The van der Waals surface area contributed by atoms with Crippen molar-refractivity contribution in [2.24, 2.45) is 23.0 Å². The molecule has 0 aromatic carbocycles. The quantitative estimate of drug-likeness (QED) is 0.749. The summed E-state index contributed by atoms with van der Waals surface area (Å²) in [6.45, 7) is 1.89. The maximum absolute atomic E-state index is 12.8. The maximum atomic E-state index is 12.8. The van der Waals surface area contributed by atoms with Gasteiger partial charge in [0.05, 0.1) is 10.4 Å². The topological polar surface area (TPSA) is 46.3 Å². The predicted octanol–water partition coefficient (Wildman–Crippen LogP) is 2.09. The van der Waals surface area contributed by atoms with Crippen molar-refractivity contribution in [2.45, 2.75) is 44.9 Å². The number of nitrogens with two attached hydrogens (primary N) is 1. The molecule has 0 aliphatic heterocycles. The summed E-state index contributed by atoms with van der Waals surface area (Å²) in [5.74, 6) is 1.73. The van der Waals surface area contributed by atoms with Crippen molar-refractivity contribution in [3.63, 3.8) is 0 Å². The molecule has 0 atom stereocenters. The molecule has 100 valence electrons. The van der Waals surface area contributed by atoms with Crippen LogP contribution >= 0.6 is 12.2 Å². The Morgan fingerprint density at radius 2 is 1.67 bits per heavy atom. The van der Waals surface area contributed by atoms with Crippen LogP contribution in [0.4, 0.5) is 0 Å². The molecule has 0 aromatic rings. The van der Waals surface area contributed by atoms with E-state index in [9.17, 15) is 4.79 Å². The van der Waals surface area contributed by atoms with E-state index in [2.05, 4.69) is 4.90 Å². The minimum absolute atomic E-state index is 0.236. The van der Waals surface area contributed by atoms with Crippen molar-refractivity contribution < 1.29 is 4.79 Å². The van der Waals surface area contributed by atoms with Crippen LogP contribution < -0.4 is 5.73 Å². The maximum Gasteiger partial charge on any atom is 0.235 e. The Morgan fingerprint density at radius 1 is 1.17 bits per heavy atom. The highest BCUT2D eigenvalue weighted by Gasteiger charge is 2.50. The van der Waals surface area contributed by atoms with Gasteiger partial charge in [-0.1, -0.05) is 18.6 Å². The molecule has 3 fully saturated rings. The van der Waals surface area contributed by atoms with Crippen molar-refractivity contribution in [3.05, 3.63) is 0 Å². The van der Waals surface area contributed by atoms with E-state index in [4.69, 9.17) is 18.0 Å². The van der Waals surface area contributed by atoms with Crippen LogP contribution in [-0.2, 0) is 4.79 Å². The lowest BCUT2D eigenvalue weighted by Crippen LogP contribution is -2.55. The van der Waals surface area contributed by atoms with Gasteiger partial charge in [0, 0.05) is 13.1 Å². The van der Waals surface area contributed by atoms with Gasteiger partial charge in [-0.05, 0) is 50.4 Å². The van der Waals surface area contributed by atoms with Gasteiger partial charge in [0.2, 0.25) is 5.91 Å². The lowest BCUT2D eigenvalue weighted by Gasteiger charge is -2.42. The number of rotatable bonds is 6. The molecule has 0 aromatic heterocycles. The summed E-state index contributed by atoms with van der Waals surface area (Å²) >= 11 is 5.17. The van der Waals surface area contributed by atoms with Gasteiger partial charge < -0.3 is 10.6 Å². The minimum Gasteiger partial charge on any atom is -0.392 e. The summed E-state index contributed by atoms with van der Waals surface area (Å²) in [7, 11) is 0. The number of thiocarbonyl (C=S) groups is 1. The average Bonchev–Trinajstić information content (AvgIpc) is 3.08.